The zero-order chi connectivity index (χ0) is 13.8. The third kappa shape index (κ3) is 3.23. The summed E-state index contributed by atoms with van der Waals surface area (Å²) in [6.07, 6.45) is 0. The molecule has 0 amide bonds. The number of halogens is 3. The normalized spacial score (nSPS) is 10.3. The molecule has 0 saturated heterocycles. The molecule has 0 aliphatic rings. The van der Waals surface area contributed by atoms with Crippen LogP contribution in [-0.2, 0) is 6.54 Å². The number of anilines is 1. The highest BCUT2D eigenvalue weighted by Crippen LogP contribution is 2.25. The fourth-order valence-corrected chi connectivity index (χ4v) is 2.12. The quantitative estimate of drug-likeness (QED) is 0.901. The monoisotopic (exact) mass is 327 g/mol. The molecule has 2 nitrogen and oxygen atoms in total. The van der Waals surface area contributed by atoms with E-state index in [4.69, 9.17) is 4.74 Å². The number of methoxy groups -OCH3 is 1. The molecular formula is C14H12BrF2NO. The van der Waals surface area contributed by atoms with E-state index in [1.165, 1.54) is 12.1 Å². The number of benzene rings is 2. The second kappa shape index (κ2) is 6.02. The Kier molecular flexibility index (Phi) is 4.37. The van der Waals surface area contributed by atoms with Crippen LogP contribution in [0, 0.1) is 11.6 Å². The van der Waals surface area contributed by atoms with E-state index in [9.17, 15) is 8.78 Å². The standard InChI is InChI=1S/C14H12BrF2NO/c1-19-13-6-5-10(15)7-9(13)8-18-12-4-2-3-11(16)14(12)17/h2-7,18H,8H2,1H3. The molecule has 0 heterocycles. The first-order chi connectivity index (χ1) is 9.11. The van der Waals surface area contributed by atoms with Gasteiger partial charge in [0.15, 0.2) is 11.6 Å². The van der Waals surface area contributed by atoms with E-state index in [0.29, 0.717) is 12.3 Å². The molecule has 19 heavy (non-hydrogen) atoms. The van der Waals surface area contributed by atoms with Gasteiger partial charge in [0.1, 0.15) is 5.75 Å². The summed E-state index contributed by atoms with van der Waals surface area (Å²) in [5, 5.41) is 2.86. The molecule has 0 aliphatic heterocycles. The second-order valence-electron chi connectivity index (χ2n) is 3.91. The van der Waals surface area contributed by atoms with Crippen molar-refractivity contribution in [3.8, 4) is 5.75 Å². The minimum absolute atomic E-state index is 0.127. The topological polar surface area (TPSA) is 21.3 Å². The van der Waals surface area contributed by atoms with E-state index in [1.54, 1.807) is 7.11 Å². The van der Waals surface area contributed by atoms with Crippen LogP contribution in [0.3, 0.4) is 0 Å². The SMILES string of the molecule is COc1ccc(Br)cc1CNc1cccc(F)c1F. The fraction of sp³-hybridized carbons (Fsp3) is 0.143. The van der Waals surface area contributed by atoms with E-state index in [0.717, 1.165) is 16.1 Å². The van der Waals surface area contributed by atoms with Gasteiger partial charge in [-0.15, -0.1) is 0 Å². The molecule has 0 radical (unpaired) electrons. The lowest BCUT2D eigenvalue weighted by atomic mass is 10.2. The molecule has 0 bridgehead atoms. The second-order valence-corrected chi connectivity index (χ2v) is 4.83. The van der Waals surface area contributed by atoms with Crippen molar-refractivity contribution in [2.45, 2.75) is 6.54 Å². The van der Waals surface area contributed by atoms with E-state index in [2.05, 4.69) is 21.2 Å². The molecule has 0 spiro atoms. The fourth-order valence-electron chi connectivity index (χ4n) is 1.72. The van der Waals surface area contributed by atoms with Crippen molar-refractivity contribution in [1.82, 2.24) is 0 Å². The van der Waals surface area contributed by atoms with Crippen LogP contribution in [0.25, 0.3) is 0 Å². The average Bonchev–Trinajstić information content (AvgIpc) is 2.40. The average molecular weight is 328 g/mol. The Bertz CT molecular complexity index is 590. The van der Waals surface area contributed by atoms with Gasteiger partial charge in [-0.1, -0.05) is 22.0 Å². The van der Waals surface area contributed by atoms with Crippen LogP contribution in [-0.4, -0.2) is 7.11 Å². The van der Waals surface area contributed by atoms with Gasteiger partial charge in [0.2, 0.25) is 0 Å². The molecular weight excluding hydrogens is 316 g/mol. The summed E-state index contributed by atoms with van der Waals surface area (Å²) in [6.45, 7) is 0.336. The van der Waals surface area contributed by atoms with Gasteiger partial charge in [0.25, 0.3) is 0 Å². The Morgan fingerprint density at radius 2 is 2.00 bits per heavy atom. The summed E-state index contributed by atoms with van der Waals surface area (Å²) in [4.78, 5) is 0. The van der Waals surface area contributed by atoms with E-state index in [1.807, 2.05) is 18.2 Å². The van der Waals surface area contributed by atoms with Gasteiger partial charge >= 0.3 is 0 Å². The molecule has 2 rings (SSSR count). The van der Waals surface area contributed by atoms with Crippen molar-refractivity contribution < 1.29 is 13.5 Å². The lowest BCUT2D eigenvalue weighted by Crippen LogP contribution is -2.04. The maximum atomic E-state index is 13.5. The molecule has 5 heteroatoms. The minimum atomic E-state index is -0.878. The Balaban J connectivity index is 2.18. The Morgan fingerprint density at radius 1 is 1.21 bits per heavy atom. The first-order valence-electron chi connectivity index (χ1n) is 5.62. The molecule has 2 aromatic rings. The first kappa shape index (κ1) is 13.8. The molecule has 0 aromatic heterocycles. The van der Waals surface area contributed by atoms with Crippen molar-refractivity contribution >= 4 is 21.6 Å². The molecule has 0 fully saturated rings. The highest BCUT2D eigenvalue weighted by molar-refractivity contribution is 9.10. The predicted molar refractivity (Wildman–Crippen MR) is 74.4 cm³/mol. The molecule has 0 atom stereocenters. The largest absolute Gasteiger partial charge is 0.496 e. The predicted octanol–water partition coefficient (Wildman–Crippen LogP) is 4.35. The van der Waals surface area contributed by atoms with Crippen LogP contribution >= 0.6 is 15.9 Å². The number of hydrogen-bond acceptors (Lipinski definition) is 2. The number of rotatable bonds is 4. The van der Waals surface area contributed by atoms with Crippen LogP contribution in [0.1, 0.15) is 5.56 Å². The Labute approximate surface area is 118 Å². The summed E-state index contributed by atoms with van der Waals surface area (Å²) in [6, 6.07) is 9.55. The van der Waals surface area contributed by atoms with E-state index >= 15 is 0 Å². The van der Waals surface area contributed by atoms with Gasteiger partial charge in [-0.2, -0.15) is 0 Å². The smallest absolute Gasteiger partial charge is 0.181 e. The summed E-state index contributed by atoms with van der Waals surface area (Å²) in [7, 11) is 1.56. The van der Waals surface area contributed by atoms with Crippen LogP contribution in [0.15, 0.2) is 40.9 Å². The van der Waals surface area contributed by atoms with Gasteiger partial charge in [-0.25, -0.2) is 8.78 Å². The van der Waals surface area contributed by atoms with Crippen LogP contribution in [0.4, 0.5) is 14.5 Å². The number of hydrogen-bond donors (Lipinski definition) is 1. The van der Waals surface area contributed by atoms with Crippen molar-refractivity contribution in [2.75, 3.05) is 12.4 Å². The van der Waals surface area contributed by atoms with Gasteiger partial charge in [-0.3, -0.25) is 0 Å². The third-order valence-corrected chi connectivity index (χ3v) is 3.16. The maximum Gasteiger partial charge on any atom is 0.181 e. The molecule has 1 N–H and O–H groups in total. The third-order valence-electron chi connectivity index (χ3n) is 2.66. The number of ether oxygens (including phenoxy) is 1. The van der Waals surface area contributed by atoms with Gasteiger partial charge in [-0.05, 0) is 30.3 Å². The Hall–Kier alpha value is -1.62. The summed E-state index contributed by atoms with van der Waals surface area (Å²) < 4.78 is 32.7. The zero-order valence-electron chi connectivity index (χ0n) is 10.2. The van der Waals surface area contributed by atoms with Gasteiger partial charge in [0, 0.05) is 16.6 Å². The lowest BCUT2D eigenvalue weighted by molar-refractivity contribution is 0.410. The van der Waals surface area contributed by atoms with Crippen LogP contribution in [0.5, 0.6) is 5.75 Å². The highest BCUT2D eigenvalue weighted by Gasteiger charge is 2.09. The van der Waals surface area contributed by atoms with Crippen molar-refractivity contribution in [1.29, 1.82) is 0 Å². The van der Waals surface area contributed by atoms with Crippen LogP contribution in [0.2, 0.25) is 0 Å². The van der Waals surface area contributed by atoms with E-state index in [-0.39, 0.29) is 5.69 Å². The van der Waals surface area contributed by atoms with Gasteiger partial charge < -0.3 is 10.1 Å². The highest BCUT2D eigenvalue weighted by atomic mass is 79.9. The first-order valence-corrected chi connectivity index (χ1v) is 6.41. The summed E-state index contributed by atoms with van der Waals surface area (Å²) in [5.74, 6) is -1.06. The van der Waals surface area contributed by atoms with E-state index < -0.39 is 11.6 Å². The Morgan fingerprint density at radius 3 is 2.74 bits per heavy atom. The van der Waals surface area contributed by atoms with Gasteiger partial charge in [0.05, 0.1) is 12.8 Å². The van der Waals surface area contributed by atoms with Crippen LogP contribution < -0.4 is 10.1 Å². The van der Waals surface area contributed by atoms with Crippen molar-refractivity contribution in [2.24, 2.45) is 0 Å². The van der Waals surface area contributed by atoms with Crippen molar-refractivity contribution in [3.05, 3.63) is 58.1 Å². The molecule has 100 valence electrons. The molecule has 0 unspecified atom stereocenters. The maximum absolute atomic E-state index is 13.5. The van der Waals surface area contributed by atoms with Crippen molar-refractivity contribution in [3.63, 3.8) is 0 Å². The molecule has 0 saturated carbocycles. The summed E-state index contributed by atoms with van der Waals surface area (Å²) >= 11 is 3.36. The molecule has 0 aliphatic carbocycles. The number of nitrogens with one attached hydrogen (secondary N) is 1. The minimum Gasteiger partial charge on any atom is -0.496 e. The zero-order valence-corrected chi connectivity index (χ0v) is 11.8. The summed E-state index contributed by atoms with van der Waals surface area (Å²) in [5.41, 5.74) is 0.975. The lowest BCUT2D eigenvalue weighted by Gasteiger charge is -2.11. The molecule has 2 aromatic carbocycles.